The lowest BCUT2D eigenvalue weighted by molar-refractivity contribution is -0.669. The maximum absolute atomic E-state index is 11.2. The molecule has 43 heavy (non-hydrogen) atoms. The van der Waals surface area contributed by atoms with Crippen LogP contribution in [0.4, 0.5) is 5.69 Å². The molecule has 5 nitrogen and oxygen atoms in total. The maximum atomic E-state index is 11.2. The van der Waals surface area contributed by atoms with Gasteiger partial charge < -0.3 is 4.90 Å². The number of halogens is 2. The number of benzene rings is 3. The minimum Gasteiger partial charge on any atom is -0.335 e. The highest BCUT2D eigenvalue weighted by atomic mass is 35.5. The van der Waals surface area contributed by atoms with E-state index in [0.29, 0.717) is 24.4 Å². The summed E-state index contributed by atoms with van der Waals surface area (Å²) in [6.07, 6.45) is 9.60. The molecule has 1 aliphatic heterocycles. The van der Waals surface area contributed by atoms with E-state index in [-0.39, 0.29) is 5.75 Å². The number of unbranched alkanes of at least 4 members (excludes halogenated alkanes) is 2. The lowest BCUT2D eigenvalue weighted by Gasteiger charge is -2.21. The average molecular weight is 675 g/mol. The molecule has 0 saturated heterocycles. The zero-order chi connectivity index (χ0) is 30.4. The number of fused-ring (bicyclic) bond motifs is 2. The Labute approximate surface area is 272 Å². The van der Waals surface area contributed by atoms with Crippen LogP contribution in [0.3, 0.4) is 0 Å². The molecule has 0 unspecified atom stereocenters. The Morgan fingerprint density at radius 2 is 1.74 bits per heavy atom. The molecule has 0 saturated carbocycles. The van der Waals surface area contributed by atoms with Gasteiger partial charge >= 0.3 is 0 Å². The number of allylic oxidation sites excluding steroid dienone is 2. The summed E-state index contributed by atoms with van der Waals surface area (Å²) in [6, 6.07) is 22.6. The van der Waals surface area contributed by atoms with E-state index in [9.17, 15) is 8.42 Å². The number of nitrogens with zero attached hydrogens (tertiary/aromatic N) is 2. The first kappa shape index (κ1) is 32.1. The quantitative estimate of drug-likeness (QED) is 0.0870. The van der Waals surface area contributed by atoms with Gasteiger partial charge in [-0.25, -0.2) is 0 Å². The standard InChI is InChI=1S/C33H34Cl2N2O3S3/c1-2-24(21-33-37(18-8-9-19-43(38,39)40)29-23-27(35)14-16-31(29)42-33)20-32-36(28-22-26(34)13-15-30(28)41-32)17-7-6-12-25-10-4-3-5-11-25/h3-5,10-11,13-16,20-23H,2,6-9,12,17-19H2,1H3/p+1. The van der Waals surface area contributed by atoms with Crippen molar-refractivity contribution >= 4 is 78.4 Å². The first-order valence-electron chi connectivity index (χ1n) is 14.5. The van der Waals surface area contributed by atoms with Gasteiger partial charge in [0, 0.05) is 40.0 Å². The Morgan fingerprint density at radius 1 is 0.977 bits per heavy atom. The van der Waals surface area contributed by atoms with Gasteiger partial charge in [0.25, 0.3) is 15.1 Å². The van der Waals surface area contributed by atoms with Crippen LogP contribution in [-0.4, -0.2) is 25.3 Å². The summed E-state index contributed by atoms with van der Waals surface area (Å²) in [5, 5.41) is 3.66. The minimum absolute atomic E-state index is 0.239. The minimum atomic E-state index is -3.98. The van der Waals surface area contributed by atoms with Gasteiger partial charge in [0.2, 0.25) is 5.52 Å². The van der Waals surface area contributed by atoms with E-state index in [1.165, 1.54) is 21.1 Å². The largest absolute Gasteiger partial charge is 0.335 e. The summed E-state index contributed by atoms with van der Waals surface area (Å²) in [6.45, 7) is 3.70. The average Bonchev–Trinajstić information content (AvgIpc) is 3.49. The molecule has 0 amide bonds. The highest BCUT2D eigenvalue weighted by Gasteiger charge is 2.26. The van der Waals surface area contributed by atoms with Crippen LogP contribution < -0.4 is 9.47 Å². The molecular weight excluding hydrogens is 639 g/mol. The molecule has 0 bridgehead atoms. The molecule has 5 rings (SSSR count). The highest BCUT2D eigenvalue weighted by Crippen LogP contribution is 2.47. The number of rotatable bonds is 13. The number of aromatic nitrogens is 1. The lowest BCUT2D eigenvalue weighted by atomic mass is 10.1. The Kier molecular flexibility index (Phi) is 10.9. The second kappa shape index (κ2) is 14.6. The van der Waals surface area contributed by atoms with Crippen molar-refractivity contribution in [3.63, 3.8) is 0 Å². The number of thiazole rings is 1. The summed E-state index contributed by atoms with van der Waals surface area (Å²) >= 11 is 16.3. The molecule has 3 aromatic carbocycles. The SMILES string of the molecule is CCC(=Cc1sc2ccc(Cl)cc2[n+]1CCCCS(=O)(=O)O)C=C1Sc2ccc(Cl)cc2N1CCCCc1ccccc1. The van der Waals surface area contributed by atoms with Crippen molar-refractivity contribution in [1.82, 2.24) is 0 Å². The molecule has 0 aliphatic carbocycles. The van der Waals surface area contributed by atoms with Crippen LogP contribution in [-0.2, 0) is 23.1 Å². The highest BCUT2D eigenvalue weighted by molar-refractivity contribution is 8.03. The Balaban J connectivity index is 1.41. The van der Waals surface area contributed by atoms with Gasteiger partial charge in [-0.1, -0.05) is 83.6 Å². The second-order valence-corrected chi connectivity index (χ2v) is 15.1. The molecule has 0 fully saturated rings. The van der Waals surface area contributed by atoms with E-state index in [4.69, 9.17) is 27.8 Å². The fourth-order valence-corrected chi connectivity index (χ4v) is 8.38. The van der Waals surface area contributed by atoms with Crippen LogP contribution in [0.25, 0.3) is 16.3 Å². The van der Waals surface area contributed by atoms with Gasteiger partial charge in [-0.05, 0) is 79.6 Å². The third-order valence-corrected chi connectivity index (χ3v) is 10.9. The fraction of sp³-hybridized carbons (Fsp3) is 0.303. The smallest absolute Gasteiger partial charge is 0.264 e. The summed E-state index contributed by atoms with van der Waals surface area (Å²) in [7, 11) is -3.98. The van der Waals surface area contributed by atoms with Crippen molar-refractivity contribution in [1.29, 1.82) is 0 Å². The van der Waals surface area contributed by atoms with Gasteiger partial charge in [0.1, 0.15) is 4.70 Å². The van der Waals surface area contributed by atoms with Crippen molar-refractivity contribution in [2.75, 3.05) is 17.2 Å². The molecule has 4 aromatic rings. The van der Waals surface area contributed by atoms with E-state index in [0.717, 1.165) is 58.2 Å². The normalized spacial score (nSPS) is 14.7. The third kappa shape index (κ3) is 8.65. The summed E-state index contributed by atoms with van der Waals surface area (Å²) < 4.78 is 35.0. The zero-order valence-corrected chi connectivity index (χ0v) is 28.0. The van der Waals surface area contributed by atoms with Crippen LogP contribution in [0, 0.1) is 0 Å². The molecule has 2 heterocycles. The number of hydrogen-bond acceptors (Lipinski definition) is 5. The fourth-order valence-electron chi connectivity index (χ4n) is 5.19. The summed E-state index contributed by atoms with van der Waals surface area (Å²) in [5.41, 5.74) is 4.74. The maximum Gasteiger partial charge on any atom is 0.264 e. The predicted octanol–water partition coefficient (Wildman–Crippen LogP) is 9.43. The molecule has 1 aliphatic rings. The van der Waals surface area contributed by atoms with Crippen molar-refractivity contribution < 1.29 is 17.5 Å². The Hall–Kier alpha value is -2.33. The third-order valence-electron chi connectivity index (χ3n) is 7.38. The molecule has 1 aromatic heterocycles. The monoisotopic (exact) mass is 673 g/mol. The number of aryl methyl sites for hydroxylation is 2. The van der Waals surface area contributed by atoms with Crippen molar-refractivity contribution in [3.05, 3.63) is 104 Å². The van der Waals surface area contributed by atoms with E-state index in [2.05, 4.69) is 71.0 Å². The van der Waals surface area contributed by atoms with Crippen molar-refractivity contribution in [2.45, 2.75) is 56.9 Å². The van der Waals surface area contributed by atoms with Gasteiger partial charge in [-0.3, -0.25) is 4.55 Å². The Morgan fingerprint density at radius 3 is 2.51 bits per heavy atom. The number of thioether (sulfide) groups is 1. The molecule has 0 radical (unpaired) electrons. The summed E-state index contributed by atoms with van der Waals surface area (Å²) in [5.74, 6) is -0.239. The van der Waals surface area contributed by atoms with Crippen LogP contribution in [0.15, 0.2) is 88.3 Å². The van der Waals surface area contributed by atoms with Crippen LogP contribution in [0.2, 0.25) is 10.0 Å². The first-order chi connectivity index (χ1) is 20.7. The summed E-state index contributed by atoms with van der Waals surface area (Å²) in [4.78, 5) is 3.61. The number of hydrogen-bond donors (Lipinski definition) is 1. The predicted molar refractivity (Wildman–Crippen MR) is 183 cm³/mol. The molecule has 0 atom stereocenters. The molecule has 1 N–H and O–H groups in total. The van der Waals surface area contributed by atoms with E-state index in [1.807, 2.05) is 24.3 Å². The zero-order valence-electron chi connectivity index (χ0n) is 24.0. The molecule has 0 spiro atoms. The molecule has 10 heteroatoms. The van der Waals surface area contributed by atoms with Crippen LogP contribution in [0.5, 0.6) is 0 Å². The van der Waals surface area contributed by atoms with Crippen LogP contribution >= 0.6 is 46.3 Å². The van der Waals surface area contributed by atoms with Gasteiger partial charge in [0.05, 0.1) is 16.5 Å². The first-order valence-corrected chi connectivity index (χ1v) is 18.5. The van der Waals surface area contributed by atoms with Gasteiger partial charge in [0.15, 0.2) is 6.54 Å². The number of anilines is 1. The van der Waals surface area contributed by atoms with Crippen molar-refractivity contribution in [2.24, 2.45) is 0 Å². The molecular formula is C33H35Cl2N2O3S3+. The van der Waals surface area contributed by atoms with Crippen LogP contribution in [0.1, 0.15) is 49.6 Å². The topological polar surface area (TPSA) is 61.5 Å². The van der Waals surface area contributed by atoms with E-state index < -0.39 is 10.1 Å². The van der Waals surface area contributed by atoms with Gasteiger partial charge in [-0.15, -0.1) is 0 Å². The van der Waals surface area contributed by atoms with E-state index >= 15 is 0 Å². The van der Waals surface area contributed by atoms with Gasteiger partial charge in [-0.2, -0.15) is 13.0 Å². The van der Waals surface area contributed by atoms with Crippen molar-refractivity contribution in [3.8, 4) is 0 Å². The Bertz CT molecular complexity index is 1750. The molecule has 226 valence electrons. The van der Waals surface area contributed by atoms with E-state index in [1.54, 1.807) is 23.1 Å². The lowest BCUT2D eigenvalue weighted by Crippen LogP contribution is -2.35. The second-order valence-electron chi connectivity index (χ2n) is 10.6.